The second kappa shape index (κ2) is 7.27. The summed E-state index contributed by atoms with van der Waals surface area (Å²) in [5.74, 6) is -0.592. The molecular formula is C19H19NO4. The highest BCUT2D eigenvalue weighted by Gasteiger charge is 2.27. The van der Waals surface area contributed by atoms with E-state index in [4.69, 9.17) is 9.47 Å². The Kier molecular flexibility index (Phi) is 4.91. The van der Waals surface area contributed by atoms with Gasteiger partial charge in [-0.15, -0.1) is 0 Å². The standard InChI is InChI=1S/C19H19NO4/c1-2-23-19(22)14-7-9-15(10-8-14)20-18(21)17-16-6-4-3-5-13(16)11-12-24-17/h3-10,17H,2,11-12H2,1H3,(H,20,21)/t17-/m1/s1. The number of benzene rings is 2. The van der Waals surface area contributed by atoms with E-state index in [0.717, 1.165) is 17.5 Å². The molecule has 1 N–H and O–H groups in total. The van der Waals surface area contributed by atoms with Gasteiger partial charge in [-0.2, -0.15) is 0 Å². The molecule has 5 nitrogen and oxygen atoms in total. The van der Waals surface area contributed by atoms with E-state index in [1.54, 1.807) is 31.2 Å². The van der Waals surface area contributed by atoms with E-state index >= 15 is 0 Å². The highest BCUT2D eigenvalue weighted by Crippen LogP contribution is 2.28. The number of esters is 1. The first kappa shape index (κ1) is 16.2. The molecular weight excluding hydrogens is 306 g/mol. The fraction of sp³-hybridized carbons (Fsp3) is 0.263. The lowest BCUT2D eigenvalue weighted by molar-refractivity contribution is -0.128. The Morgan fingerprint density at radius 1 is 1.17 bits per heavy atom. The zero-order chi connectivity index (χ0) is 16.9. The Hall–Kier alpha value is -2.66. The Labute approximate surface area is 140 Å². The highest BCUT2D eigenvalue weighted by molar-refractivity contribution is 5.96. The zero-order valence-corrected chi connectivity index (χ0v) is 13.5. The van der Waals surface area contributed by atoms with Gasteiger partial charge in [0.05, 0.1) is 18.8 Å². The van der Waals surface area contributed by atoms with Gasteiger partial charge in [0.15, 0.2) is 6.10 Å². The molecule has 0 saturated carbocycles. The average Bonchev–Trinajstić information content (AvgIpc) is 2.62. The van der Waals surface area contributed by atoms with Crippen molar-refractivity contribution in [2.45, 2.75) is 19.4 Å². The van der Waals surface area contributed by atoms with Crippen molar-refractivity contribution in [3.05, 3.63) is 65.2 Å². The lowest BCUT2D eigenvalue weighted by Gasteiger charge is -2.25. The molecule has 5 heteroatoms. The van der Waals surface area contributed by atoms with Gasteiger partial charge in [-0.3, -0.25) is 4.79 Å². The summed E-state index contributed by atoms with van der Waals surface area (Å²) in [4.78, 5) is 24.2. The number of fused-ring (bicyclic) bond motifs is 1. The van der Waals surface area contributed by atoms with Crippen molar-refractivity contribution in [1.82, 2.24) is 0 Å². The first-order valence-electron chi connectivity index (χ1n) is 7.96. The van der Waals surface area contributed by atoms with Gasteiger partial charge >= 0.3 is 5.97 Å². The van der Waals surface area contributed by atoms with E-state index in [1.807, 2.05) is 24.3 Å². The van der Waals surface area contributed by atoms with Crippen molar-refractivity contribution in [1.29, 1.82) is 0 Å². The van der Waals surface area contributed by atoms with Crippen LogP contribution >= 0.6 is 0 Å². The fourth-order valence-electron chi connectivity index (χ4n) is 2.72. The van der Waals surface area contributed by atoms with Gasteiger partial charge in [0.1, 0.15) is 0 Å². The minimum atomic E-state index is -0.611. The van der Waals surface area contributed by atoms with Crippen LogP contribution in [0.25, 0.3) is 0 Å². The molecule has 3 rings (SSSR count). The van der Waals surface area contributed by atoms with E-state index in [-0.39, 0.29) is 11.9 Å². The molecule has 1 aliphatic heterocycles. The molecule has 124 valence electrons. The van der Waals surface area contributed by atoms with Gasteiger partial charge in [-0.05, 0) is 48.7 Å². The van der Waals surface area contributed by atoms with Gasteiger partial charge in [0, 0.05) is 5.69 Å². The topological polar surface area (TPSA) is 64.6 Å². The lowest BCUT2D eigenvalue weighted by Crippen LogP contribution is -2.28. The van der Waals surface area contributed by atoms with Gasteiger partial charge < -0.3 is 14.8 Å². The molecule has 0 spiro atoms. The predicted molar refractivity (Wildman–Crippen MR) is 89.9 cm³/mol. The third-order valence-corrected chi connectivity index (χ3v) is 3.90. The van der Waals surface area contributed by atoms with Gasteiger partial charge in [0.25, 0.3) is 5.91 Å². The first-order chi connectivity index (χ1) is 11.7. The summed E-state index contributed by atoms with van der Waals surface area (Å²) in [7, 11) is 0. The van der Waals surface area contributed by atoms with Crippen molar-refractivity contribution >= 4 is 17.6 Å². The summed E-state index contributed by atoms with van der Waals surface area (Å²) >= 11 is 0. The summed E-state index contributed by atoms with van der Waals surface area (Å²) < 4.78 is 10.6. The molecule has 0 radical (unpaired) electrons. The number of hydrogen-bond acceptors (Lipinski definition) is 4. The number of amides is 1. The smallest absolute Gasteiger partial charge is 0.338 e. The maximum absolute atomic E-state index is 12.5. The van der Waals surface area contributed by atoms with Crippen LogP contribution in [0.15, 0.2) is 48.5 Å². The molecule has 1 amide bonds. The molecule has 2 aromatic carbocycles. The molecule has 2 aromatic rings. The van der Waals surface area contributed by atoms with Crippen molar-refractivity contribution in [3.8, 4) is 0 Å². The minimum absolute atomic E-state index is 0.217. The monoisotopic (exact) mass is 325 g/mol. The Balaban J connectivity index is 1.71. The minimum Gasteiger partial charge on any atom is -0.462 e. The van der Waals surface area contributed by atoms with Gasteiger partial charge in [-0.25, -0.2) is 4.79 Å². The van der Waals surface area contributed by atoms with E-state index in [1.165, 1.54) is 0 Å². The number of hydrogen-bond donors (Lipinski definition) is 1. The Bertz CT molecular complexity index is 739. The molecule has 0 aliphatic carbocycles. The number of anilines is 1. The normalized spacial score (nSPS) is 16.1. The summed E-state index contributed by atoms with van der Waals surface area (Å²) in [5, 5.41) is 2.83. The number of rotatable bonds is 4. The number of nitrogens with one attached hydrogen (secondary N) is 1. The second-order valence-corrected chi connectivity index (χ2v) is 5.49. The lowest BCUT2D eigenvalue weighted by atomic mass is 9.97. The molecule has 0 aromatic heterocycles. The highest BCUT2D eigenvalue weighted by atomic mass is 16.5. The van der Waals surface area contributed by atoms with Crippen molar-refractivity contribution in [3.63, 3.8) is 0 Å². The van der Waals surface area contributed by atoms with E-state index in [2.05, 4.69) is 5.32 Å². The number of ether oxygens (including phenoxy) is 2. The maximum Gasteiger partial charge on any atom is 0.338 e. The van der Waals surface area contributed by atoms with Crippen molar-refractivity contribution in [2.24, 2.45) is 0 Å². The summed E-state index contributed by atoms with van der Waals surface area (Å²) in [6.07, 6.45) is 0.202. The van der Waals surface area contributed by atoms with Crippen LogP contribution in [0.5, 0.6) is 0 Å². The second-order valence-electron chi connectivity index (χ2n) is 5.49. The van der Waals surface area contributed by atoms with Crippen LogP contribution in [0.1, 0.15) is 34.5 Å². The SMILES string of the molecule is CCOC(=O)c1ccc(NC(=O)[C@@H]2OCCc3ccccc32)cc1. The molecule has 0 unspecified atom stereocenters. The molecule has 0 fully saturated rings. The quantitative estimate of drug-likeness (QED) is 0.877. The van der Waals surface area contributed by atoms with Crippen LogP contribution in [0, 0.1) is 0 Å². The summed E-state index contributed by atoms with van der Waals surface area (Å²) in [6, 6.07) is 14.4. The summed E-state index contributed by atoms with van der Waals surface area (Å²) in [6.45, 7) is 2.61. The number of carbonyl (C=O) groups is 2. The van der Waals surface area contributed by atoms with E-state index in [9.17, 15) is 9.59 Å². The van der Waals surface area contributed by atoms with Crippen LogP contribution in [0.2, 0.25) is 0 Å². The van der Waals surface area contributed by atoms with Crippen LogP contribution in [-0.2, 0) is 20.7 Å². The molecule has 0 saturated heterocycles. The third kappa shape index (κ3) is 3.46. The van der Waals surface area contributed by atoms with Crippen molar-refractivity contribution < 1.29 is 19.1 Å². The van der Waals surface area contributed by atoms with Crippen LogP contribution < -0.4 is 5.32 Å². The van der Waals surface area contributed by atoms with Crippen molar-refractivity contribution in [2.75, 3.05) is 18.5 Å². The third-order valence-electron chi connectivity index (χ3n) is 3.90. The predicted octanol–water partition coefficient (Wildman–Crippen LogP) is 3.12. The van der Waals surface area contributed by atoms with Crippen LogP contribution in [0.4, 0.5) is 5.69 Å². The van der Waals surface area contributed by atoms with Crippen LogP contribution in [0.3, 0.4) is 0 Å². The molecule has 1 aliphatic rings. The average molecular weight is 325 g/mol. The zero-order valence-electron chi connectivity index (χ0n) is 13.5. The molecule has 1 atom stereocenters. The largest absolute Gasteiger partial charge is 0.462 e. The summed E-state index contributed by atoms with van der Waals surface area (Å²) in [5.41, 5.74) is 3.11. The van der Waals surface area contributed by atoms with Gasteiger partial charge in [0.2, 0.25) is 0 Å². The maximum atomic E-state index is 12.5. The van der Waals surface area contributed by atoms with Crippen LogP contribution in [-0.4, -0.2) is 25.1 Å². The first-order valence-corrected chi connectivity index (χ1v) is 7.96. The Morgan fingerprint density at radius 3 is 2.67 bits per heavy atom. The van der Waals surface area contributed by atoms with Gasteiger partial charge in [-0.1, -0.05) is 24.3 Å². The number of carbonyl (C=O) groups excluding carboxylic acids is 2. The van der Waals surface area contributed by atoms with E-state index in [0.29, 0.717) is 24.5 Å². The van der Waals surface area contributed by atoms with E-state index < -0.39 is 6.10 Å². The fourth-order valence-corrected chi connectivity index (χ4v) is 2.72. The molecule has 1 heterocycles. The Morgan fingerprint density at radius 2 is 1.92 bits per heavy atom. The molecule has 0 bridgehead atoms. The molecule has 24 heavy (non-hydrogen) atoms.